The van der Waals surface area contributed by atoms with Crippen LogP contribution in [0.25, 0.3) is 0 Å². The summed E-state index contributed by atoms with van der Waals surface area (Å²) in [6.07, 6.45) is 2.42. The molecule has 0 saturated heterocycles. The normalized spacial score (nSPS) is 16.6. The van der Waals surface area contributed by atoms with Gasteiger partial charge in [-0.25, -0.2) is 4.98 Å². The van der Waals surface area contributed by atoms with Crippen molar-refractivity contribution in [3.05, 3.63) is 54.2 Å². The van der Waals surface area contributed by atoms with Crippen molar-refractivity contribution in [3.63, 3.8) is 0 Å². The van der Waals surface area contributed by atoms with Gasteiger partial charge >= 0.3 is 0 Å². The minimum Gasteiger partial charge on any atom is -0.373 e. The molecule has 4 nitrogen and oxygen atoms in total. The Kier molecular flexibility index (Phi) is 2.91. The topological polar surface area (TPSA) is 45.2 Å². The predicted molar refractivity (Wildman–Crippen MR) is 75.2 cm³/mol. The van der Waals surface area contributed by atoms with Crippen LogP contribution in [0.4, 0.5) is 11.5 Å². The van der Waals surface area contributed by atoms with E-state index in [4.69, 9.17) is 0 Å². The molecule has 0 saturated carbocycles. The lowest BCUT2D eigenvalue weighted by molar-refractivity contribution is -0.118. The summed E-state index contributed by atoms with van der Waals surface area (Å²) in [4.78, 5) is 18.2. The van der Waals surface area contributed by atoms with Crippen LogP contribution < -0.4 is 10.2 Å². The Hall–Kier alpha value is -2.36. The van der Waals surface area contributed by atoms with E-state index >= 15 is 0 Å². The van der Waals surface area contributed by atoms with Crippen LogP contribution in [0.5, 0.6) is 0 Å². The zero-order valence-electron chi connectivity index (χ0n) is 10.7. The van der Waals surface area contributed by atoms with Crippen molar-refractivity contribution < 1.29 is 4.79 Å². The second-order valence-corrected chi connectivity index (χ2v) is 4.64. The number of anilines is 2. The Bertz CT molecular complexity index is 572. The van der Waals surface area contributed by atoms with Crippen LogP contribution in [0.3, 0.4) is 0 Å². The van der Waals surface area contributed by atoms with E-state index in [2.05, 4.69) is 16.4 Å². The van der Waals surface area contributed by atoms with Crippen molar-refractivity contribution in [1.82, 2.24) is 4.98 Å². The number of carbonyl (C=O) groups is 1. The Morgan fingerprint density at radius 2 is 2.05 bits per heavy atom. The van der Waals surface area contributed by atoms with Gasteiger partial charge in [0, 0.05) is 25.4 Å². The summed E-state index contributed by atoms with van der Waals surface area (Å²) in [5.74, 6) is 0.708. The van der Waals surface area contributed by atoms with Crippen molar-refractivity contribution in [2.45, 2.75) is 12.5 Å². The van der Waals surface area contributed by atoms with Gasteiger partial charge in [0.2, 0.25) is 0 Å². The van der Waals surface area contributed by atoms with Gasteiger partial charge in [-0.1, -0.05) is 24.3 Å². The number of benzene rings is 1. The van der Waals surface area contributed by atoms with E-state index in [0.717, 1.165) is 12.1 Å². The van der Waals surface area contributed by atoms with Gasteiger partial charge in [-0.2, -0.15) is 0 Å². The molecule has 4 heteroatoms. The molecule has 19 heavy (non-hydrogen) atoms. The van der Waals surface area contributed by atoms with E-state index in [1.54, 1.807) is 18.1 Å². The summed E-state index contributed by atoms with van der Waals surface area (Å²) in [6.45, 7) is 0. The second-order valence-electron chi connectivity index (χ2n) is 4.64. The summed E-state index contributed by atoms with van der Waals surface area (Å²) in [6, 6.07) is 13.4. The maximum Gasteiger partial charge on any atom is 0.250 e. The Morgan fingerprint density at radius 1 is 1.26 bits per heavy atom. The van der Waals surface area contributed by atoms with E-state index in [9.17, 15) is 4.79 Å². The van der Waals surface area contributed by atoms with Crippen molar-refractivity contribution in [1.29, 1.82) is 0 Å². The number of para-hydroxylation sites is 1. The van der Waals surface area contributed by atoms with Crippen LogP contribution >= 0.6 is 0 Å². The first-order valence-corrected chi connectivity index (χ1v) is 6.29. The number of likely N-dealkylation sites (N-methyl/N-ethyl adjacent to an activating group) is 1. The van der Waals surface area contributed by atoms with E-state index in [-0.39, 0.29) is 11.9 Å². The fourth-order valence-corrected chi connectivity index (χ4v) is 2.35. The molecule has 1 aromatic carbocycles. The molecular weight excluding hydrogens is 238 g/mol. The number of carbonyl (C=O) groups excluding carboxylic acids is 1. The van der Waals surface area contributed by atoms with Gasteiger partial charge in [0.05, 0.1) is 0 Å². The van der Waals surface area contributed by atoms with Crippen LogP contribution in [-0.4, -0.2) is 24.0 Å². The minimum atomic E-state index is -0.204. The number of hydrogen-bond acceptors (Lipinski definition) is 3. The quantitative estimate of drug-likeness (QED) is 0.891. The second kappa shape index (κ2) is 4.72. The molecule has 1 amide bonds. The molecule has 1 atom stereocenters. The zero-order chi connectivity index (χ0) is 13.2. The average Bonchev–Trinajstić information content (AvgIpc) is 2.90. The number of fused-ring (bicyclic) bond motifs is 1. The SMILES string of the molecule is CN(C(=O)C1Cc2ccccc2N1)c1ccccn1. The Labute approximate surface area is 112 Å². The molecule has 96 valence electrons. The molecule has 0 bridgehead atoms. The van der Waals surface area contributed by atoms with Crippen LogP contribution in [0.15, 0.2) is 48.7 Å². The Balaban J connectivity index is 1.77. The molecule has 2 aromatic rings. The van der Waals surface area contributed by atoms with Gasteiger partial charge in [0.15, 0.2) is 0 Å². The van der Waals surface area contributed by atoms with Gasteiger partial charge in [-0.3, -0.25) is 9.69 Å². The third-order valence-corrected chi connectivity index (χ3v) is 3.39. The Morgan fingerprint density at radius 3 is 2.79 bits per heavy atom. The monoisotopic (exact) mass is 253 g/mol. The summed E-state index contributed by atoms with van der Waals surface area (Å²) in [5.41, 5.74) is 2.24. The molecule has 3 rings (SSSR count). The number of nitrogens with one attached hydrogen (secondary N) is 1. The standard InChI is InChI=1S/C15H15N3O/c1-18(14-8-4-5-9-16-14)15(19)13-10-11-6-2-3-7-12(11)17-13/h2-9,13,17H,10H2,1H3. The number of pyridine rings is 1. The summed E-state index contributed by atoms with van der Waals surface area (Å²) >= 11 is 0. The first kappa shape index (κ1) is 11.7. The van der Waals surface area contributed by atoms with Crippen molar-refractivity contribution >= 4 is 17.4 Å². The highest BCUT2D eigenvalue weighted by atomic mass is 16.2. The van der Waals surface area contributed by atoms with Crippen molar-refractivity contribution in [3.8, 4) is 0 Å². The van der Waals surface area contributed by atoms with Gasteiger partial charge < -0.3 is 5.32 Å². The smallest absolute Gasteiger partial charge is 0.250 e. The number of aromatic nitrogens is 1. The van der Waals surface area contributed by atoms with E-state index in [0.29, 0.717) is 5.82 Å². The van der Waals surface area contributed by atoms with E-state index < -0.39 is 0 Å². The summed E-state index contributed by atoms with van der Waals surface area (Å²) < 4.78 is 0. The maximum atomic E-state index is 12.4. The molecule has 1 aliphatic rings. The highest BCUT2D eigenvalue weighted by molar-refractivity contribution is 5.98. The van der Waals surface area contributed by atoms with E-state index in [1.165, 1.54) is 5.56 Å². The molecule has 0 fully saturated rings. The third-order valence-electron chi connectivity index (χ3n) is 3.39. The van der Waals surface area contributed by atoms with E-state index in [1.807, 2.05) is 36.4 Å². The number of amides is 1. The molecule has 1 aliphatic heterocycles. The largest absolute Gasteiger partial charge is 0.373 e. The molecule has 2 heterocycles. The highest BCUT2D eigenvalue weighted by Gasteiger charge is 2.29. The lowest BCUT2D eigenvalue weighted by Gasteiger charge is -2.20. The van der Waals surface area contributed by atoms with Crippen molar-refractivity contribution in [2.75, 3.05) is 17.3 Å². The first-order chi connectivity index (χ1) is 9.25. The molecular formula is C15H15N3O. The minimum absolute atomic E-state index is 0.0369. The third kappa shape index (κ3) is 2.17. The van der Waals surface area contributed by atoms with Crippen LogP contribution in [-0.2, 0) is 11.2 Å². The molecule has 0 aliphatic carbocycles. The number of rotatable bonds is 2. The maximum absolute atomic E-state index is 12.4. The van der Waals surface area contributed by atoms with Gasteiger partial charge in [-0.15, -0.1) is 0 Å². The molecule has 1 N–H and O–H groups in total. The van der Waals surface area contributed by atoms with Crippen molar-refractivity contribution in [2.24, 2.45) is 0 Å². The van der Waals surface area contributed by atoms with Gasteiger partial charge in [0.25, 0.3) is 5.91 Å². The zero-order valence-corrected chi connectivity index (χ0v) is 10.7. The molecule has 1 aromatic heterocycles. The lowest BCUT2D eigenvalue weighted by Crippen LogP contribution is -2.40. The van der Waals surface area contributed by atoms with Crippen LogP contribution in [0.2, 0.25) is 0 Å². The summed E-state index contributed by atoms with van der Waals surface area (Å²) in [5, 5.41) is 3.27. The van der Waals surface area contributed by atoms with Gasteiger partial charge in [0.1, 0.15) is 11.9 Å². The fourth-order valence-electron chi connectivity index (χ4n) is 2.35. The summed E-state index contributed by atoms with van der Waals surface area (Å²) in [7, 11) is 1.76. The number of hydrogen-bond donors (Lipinski definition) is 1. The average molecular weight is 253 g/mol. The molecule has 0 spiro atoms. The first-order valence-electron chi connectivity index (χ1n) is 6.29. The van der Waals surface area contributed by atoms with Crippen LogP contribution in [0, 0.1) is 0 Å². The van der Waals surface area contributed by atoms with Crippen LogP contribution in [0.1, 0.15) is 5.56 Å². The fraction of sp³-hybridized carbons (Fsp3) is 0.200. The molecule has 1 unspecified atom stereocenters. The predicted octanol–water partition coefficient (Wildman–Crippen LogP) is 2.08. The highest BCUT2D eigenvalue weighted by Crippen LogP contribution is 2.26. The number of nitrogens with zero attached hydrogens (tertiary/aromatic N) is 2. The molecule has 0 radical (unpaired) electrons. The lowest BCUT2D eigenvalue weighted by atomic mass is 10.1. The van der Waals surface area contributed by atoms with Gasteiger partial charge in [-0.05, 0) is 23.8 Å².